The van der Waals surface area contributed by atoms with Gasteiger partial charge in [0.2, 0.25) is 0 Å². The van der Waals surface area contributed by atoms with E-state index < -0.39 is 0 Å². The lowest BCUT2D eigenvalue weighted by Gasteiger charge is -2.22. The number of nitrogens with zero attached hydrogens (tertiary/aromatic N) is 1. The van der Waals surface area contributed by atoms with Gasteiger partial charge < -0.3 is 10.6 Å². The number of anilines is 2. The first-order valence-corrected chi connectivity index (χ1v) is 9.08. The minimum Gasteiger partial charge on any atom is -0.322 e. The highest BCUT2D eigenvalue weighted by Gasteiger charge is 2.19. The number of pyridine rings is 1. The Balaban J connectivity index is 1.79. The number of hydrogen-bond acceptors (Lipinski definition) is 3. The molecule has 142 valence electrons. The van der Waals surface area contributed by atoms with E-state index in [1.54, 1.807) is 18.2 Å². The van der Waals surface area contributed by atoms with E-state index in [1.807, 2.05) is 42.5 Å². The van der Waals surface area contributed by atoms with Crippen LogP contribution in [0.2, 0.25) is 0 Å². The van der Waals surface area contributed by atoms with Crippen molar-refractivity contribution in [2.75, 3.05) is 10.6 Å². The lowest BCUT2D eigenvalue weighted by molar-refractivity contribution is 0.102. The summed E-state index contributed by atoms with van der Waals surface area (Å²) in [6.45, 7) is 6.26. The number of benzene rings is 2. The fourth-order valence-electron chi connectivity index (χ4n) is 2.85. The molecule has 0 saturated carbocycles. The second-order valence-corrected chi connectivity index (χ2v) is 7.50. The molecule has 0 aliphatic rings. The zero-order valence-electron chi connectivity index (χ0n) is 16.2. The molecule has 1 heterocycles. The lowest BCUT2D eigenvalue weighted by atomic mass is 9.86. The predicted octanol–water partition coefficient (Wildman–Crippen LogP) is 4.88. The molecule has 0 unspecified atom stereocenters. The number of nitrogens with one attached hydrogen (secondary N) is 2. The smallest absolute Gasteiger partial charge is 0.274 e. The molecule has 0 bridgehead atoms. The van der Waals surface area contributed by atoms with Crippen LogP contribution in [0, 0.1) is 0 Å². The molecule has 0 spiro atoms. The minimum atomic E-state index is -0.355. The van der Waals surface area contributed by atoms with Gasteiger partial charge in [0.05, 0.1) is 0 Å². The monoisotopic (exact) mass is 373 g/mol. The van der Waals surface area contributed by atoms with Crippen LogP contribution in [0.4, 0.5) is 11.4 Å². The summed E-state index contributed by atoms with van der Waals surface area (Å²) >= 11 is 0. The van der Waals surface area contributed by atoms with Crippen molar-refractivity contribution < 1.29 is 9.59 Å². The maximum Gasteiger partial charge on any atom is 0.274 e. The average Bonchev–Trinajstić information content (AvgIpc) is 2.68. The summed E-state index contributed by atoms with van der Waals surface area (Å²) in [5.74, 6) is -0.649. The Morgan fingerprint density at radius 3 is 2.21 bits per heavy atom. The summed E-state index contributed by atoms with van der Waals surface area (Å²) in [5, 5.41) is 5.72. The van der Waals surface area contributed by atoms with Gasteiger partial charge in [0.1, 0.15) is 5.69 Å². The highest BCUT2D eigenvalue weighted by molar-refractivity contribution is 6.08. The van der Waals surface area contributed by atoms with Crippen LogP contribution >= 0.6 is 0 Å². The average molecular weight is 373 g/mol. The van der Waals surface area contributed by atoms with Gasteiger partial charge in [-0.15, -0.1) is 0 Å². The summed E-state index contributed by atoms with van der Waals surface area (Å²) in [6, 6.07) is 19.9. The standard InChI is InChI=1S/C23H23N3O2/c1-23(2,3)18-11-7-8-12-19(18)26-22(28)20-15-16(13-14-24-20)21(27)25-17-9-5-4-6-10-17/h4-15H,1-3H3,(H,25,27)(H,26,28). The highest BCUT2D eigenvalue weighted by atomic mass is 16.2. The summed E-state index contributed by atoms with van der Waals surface area (Å²) in [7, 11) is 0. The van der Waals surface area contributed by atoms with Crippen LogP contribution in [0.3, 0.4) is 0 Å². The Hall–Kier alpha value is -3.47. The third-order valence-electron chi connectivity index (χ3n) is 4.27. The van der Waals surface area contributed by atoms with Crippen molar-refractivity contribution in [2.45, 2.75) is 26.2 Å². The van der Waals surface area contributed by atoms with E-state index in [2.05, 4.69) is 36.4 Å². The molecule has 28 heavy (non-hydrogen) atoms. The predicted molar refractivity (Wildman–Crippen MR) is 112 cm³/mol. The number of aromatic nitrogens is 1. The van der Waals surface area contributed by atoms with Gasteiger partial charge in [-0.2, -0.15) is 0 Å². The van der Waals surface area contributed by atoms with Gasteiger partial charge >= 0.3 is 0 Å². The van der Waals surface area contributed by atoms with Gasteiger partial charge in [-0.25, -0.2) is 0 Å². The van der Waals surface area contributed by atoms with Crippen LogP contribution in [0.15, 0.2) is 72.9 Å². The van der Waals surface area contributed by atoms with Crippen LogP contribution in [-0.4, -0.2) is 16.8 Å². The van der Waals surface area contributed by atoms with Gasteiger partial charge in [0, 0.05) is 23.1 Å². The fourth-order valence-corrected chi connectivity index (χ4v) is 2.85. The SMILES string of the molecule is CC(C)(C)c1ccccc1NC(=O)c1cc(C(=O)Nc2ccccc2)ccn1. The van der Waals surface area contributed by atoms with E-state index in [0.29, 0.717) is 11.3 Å². The van der Waals surface area contributed by atoms with Crippen LogP contribution < -0.4 is 10.6 Å². The minimum absolute atomic E-state index is 0.116. The molecular weight excluding hydrogens is 350 g/mol. The molecule has 0 radical (unpaired) electrons. The van der Waals surface area contributed by atoms with Crippen LogP contribution in [0.25, 0.3) is 0 Å². The molecule has 2 N–H and O–H groups in total. The maximum absolute atomic E-state index is 12.7. The zero-order valence-corrected chi connectivity index (χ0v) is 16.2. The Labute approximate surface area is 164 Å². The molecule has 0 aliphatic carbocycles. The first-order valence-electron chi connectivity index (χ1n) is 9.08. The van der Waals surface area contributed by atoms with Gasteiger partial charge in [-0.3, -0.25) is 14.6 Å². The van der Waals surface area contributed by atoms with Crippen molar-refractivity contribution in [3.63, 3.8) is 0 Å². The number of hydrogen-bond donors (Lipinski definition) is 2. The third kappa shape index (κ3) is 4.62. The first kappa shape index (κ1) is 19.3. The van der Waals surface area contributed by atoms with Crippen molar-refractivity contribution in [1.82, 2.24) is 4.98 Å². The molecule has 2 amide bonds. The topological polar surface area (TPSA) is 71.1 Å². The molecule has 2 aromatic carbocycles. The van der Waals surface area contributed by atoms with Crippen molar-refractivity contribution in [3.8, 4) is 0 Å². The molecule has 0 fully saturated rings. The second kappa shape index (κ2) is 8.05. The van der Waals surface area contributed by atoms with E-state index in [-0.39, 0.29) is 22.9 Å². The molecule has 5 nitrogen and oxygen atoms in total. The molecular formula is C23H23N3O2. The Morgan fingerprint density at radius 2 is 1.50 bits per heavy atom. The van der Waals surface area contributed by atoms with Crippen LogP contribution in [-0.2, 0) is 5.41 Å². The number of para-hydroxylation sites is 2. The lowest BCUT2D eigenvalue weighted by Crippen LogP contribution is -2.20. The molecule has 0 saturated heterocycles. The fraction of sp³-hybridized carbons (Fsp3) is 0.174. The summed E-state index contributed by atoms with van der Waals surface area (Å²) in [5.41, 5.74) is 2.89. The molecule has 1 aromatic heterocycles. The summed E-state index contributed by atoms with van der Waals surface area (Å²) in [6.07, 6.45) is 1.46. The van der Waals surface area contributed by atoms with E-state index in [4.69, 9.17) is 0 Å². The van der Waals surface area contributed by atoms with Crippen LogP contribution in [0.5, 0.6) is 0 Å². The molecule has 0 aliphatic heterocycles. The van der Waals surface area contributed by atoms with E-state index in [1.165, 1.54) is 12.3 Å². The maximum atomic E-state index is 12.7. The number of carbonyl (C=O) groups is 2. The first-order chi connectivity index (χ1) is 13.3. The Morgan fingerprint density at radius 1 is 0.821 bits per heavy atom. The highest BCUT2D eigenvalue weighted by Crippen LogP contribution is 2.29. The van der Waals surface area contributed by atoms with Crippen molar-refractivity contribution in [1.29, 1.82) is 0 Å². The van der Waals surface area contributed by atoms with E-state index >= 15 is 0 Å². The van der Waals surface area contributed by atoms with Crippen molar-refractivity contribution >= 4 is 23.2 Å². The second-order valence-electron chi connectivity index (χ2n) is 7.50. The van der Waals surface area contributed by atoms with Gasteiger partial charge in [-0.05, 0) is 41.3 Å². The molecule has 3 rings (SSSR count). The zero-order chi connectivity index (χ0) is 20.1. The van der Waals surface area contributed by atoms with Crippen molar-refractivity contribution in [2.24, 2.45) is 0 Å². The quantitative estimate of drug-likeness (QED) is 0.684. The normalized spacial score (nSPS) is 11.0. The summed E-state index contributed by atoms with van der Waals surface area (Å²) < 4.78 is 0. The third-order valence-corrected chi connectivity index (χ3v) is 4.27. The summed E-state index contributed by atoms with van der Waals surface area (Å²) in [4.78, 5) is 29.3. The molecule has 5 heteroatoms. The largest absolute Gasteiger partial charge is 0.322 e. The van der Waals surface area contributed by atoms with E-state index in [0.717, 1.165) is 11.3 Å². The molecule has 0 atom stereocenters. The van der Waals surface area contributed by atoms with Gasteiger partial charge in [0.25, 0.3) is 11.8 Å². The van der Waals surface area contributed by atoms with Gasteiger partial charge in [0.15, 0.2) is 0 Å². The van der Waals surface area contributed by atoms with Gasteiger partial charge in [-0.1, -0.05) is 57.2 Å². The van der Waals surface area contributed by atoms with Crippen LogP contribution in [0.1, 0.15) is 47.2 Å². The Kier molecular flexibility index (Phi) is 5.54. The number of amides is 2. The molecule has 3 aromatic rings. The number of rotatable bonds is 4. The van der Waals surface area contributed by atoms with Crippen molar-refractivity contribution in [3.05, 3.63) is 89.7 Å². The Bertz CT molecular complexity index is 992. The van der Waals surface area contributed by atoms with E-state index in [9.17, 15) is 9.59 Å². The number of carbonyl (C=O) groups excluding carboxylic acids is 2.